The van der Waals surface area contributed by atoms with E-state index in [0.717, 1.165) is 5.01 Å². The highest BCUT2D eigenvalue weighted by Gasteiger charge is 2.51. The van der Waals surface area contributed by atoms with Crippen LogP contribution in [0.5, 0.6) is 5.75 Å². The average molecular weight is 316 g/mol. The Bertz CT molecular complexity index is 558. The number of nitrogens with one attached hydrogen (secondary N) is 1. The van der Waals surface area contributed by atoms with Crippen LogP contribution < -0.4 is 10.2 Å². The number of amides is 1. The Labute approximate surface area is 127 Å². The van der Waals surface area contributed by atoms with Gasteiger partial charge < -0.3 is 4.74 Å². The number of nitrogens with zero attached hydrogens (tertiary/aromatic N) is 1. The van der Waals surface area contributed by atoms with Gasteiger partial charge in [0.15, 0.2) is 6.04 Å². The van der Waals surface area contributed by atoms with Gasteiger partial charge in [-0.15, -0.1) is 0 Å². The number of benzene rings is 1. The maximum Gasteiger partial charge on any atom is 0.410 e. The van der Waals surface area contributed by atoms with E-state index in [-0.39, 0.29) is 24.5 Å². The Morgan fingerprint density at radius 2 is 2.00 bits per heavy atom. The van der Waals surface area contributed by atoms with E-state index in [0.29, 0.717) is 0 Å². The van der Waals surface area contributed by atoms with Crippen LogP contribution in [0.3, 0.4) is 0 Å². The van der Waals surface area contributed by atoms with E-state index in [2.05, 4.69) is 5.43 Å². The Hall–Kier alpha value is -1.76. The second-order valence-corrected chi connectivity index (χ2v) is 5.87. The fourth-order valence-corrected chi connectivity index (χ4v) is 2.49. The third-order valence-electron chi connectivity index (χ3n) is 3.56. The van der Waals surface area contributed by atoms with E-state index >= 15 is 0 Å². The molecule has 122 valence electrons. The predicted octanol–water partition coefficient (Wildman–Crippen LogP) is 3.06. The lowest BCUT2D eigenvalue weighted by Crippen LogP contribution is -2.43. The molecule has 1 aliphatic heterocycles. The van der Waals surface area contributed by atoms with Gasteiger partial charge in [-0.25, -0.2) is 5.01 Å². The number of halogens is 3. The Balaban J connectivity index is 2.43. The highest BCUT2D eigenvalue weighted by Crippen LogP contribution is 2.43. The number of hydrogen-bond donors (Lipinski definition) is 1. The van der Waals surface area contributed by atoms with E-state index in [1.165, 1.54) is 18.2 Å². The molecule has 1 N–H and O–H groups in total. The van der Waals surface area contributed by atoms with Crippen LogP contribution in [0.25, 0.3) is 0 Å². The Kier molecular flexibility index (Phi) is 4.37. The number of rotatable bonds is 4. The van der Waals surface area contributed by atoms with Crippen molar-refractivity contribution in [2.24, 2.45) is 5.41 Å². The molecule has 2 rings (SSSR count). The summed E-state index contributed by atoms with van der Waals surface area (Å²) >= 11 is 0. The minimum atomic E-state index is -4.54. The maximum atomic E-state index is 13.6. The molecule has 1 aromatic rings. The Morgan fingerprint density at radius 1 is 1.36 bits per heavy atom. The molecule has 1 fully saturated rings. The molecule has 4 nitrogen and oxygen atoms in total. The molecule has 1 unspecified atom stereocenters. The quantitative estimate of drug-likeness (QED) is 0.928. The number of carbonyl (C=O) groups is 1. The summed E-state index contributed by atoms with van der Waals surface area (Å²) in [7, 11) is 0. The third-order valence-corrected chi connectivity index (χ3v) is 3.56. The molecule has 0 bridgehead atoms. The lowest BCUT2D eigenvalue weighted by molar-refractivity contribution is -0.192. The zero-order valence-electron chi connectivity index (χ0n) is 12.7. The molecular weight excluding hydrogens is 297 g/mol. The third kappa shape index (κ3) is 3.19. The molecule has 1 aromatic carbocycles. The fourth-order valence-electron chi connectivity index (χ4n) is 2.49. The van der Waals surface area contributed by atoms with Crippen molar-refractivity contribution in [1.29, 1.82) is 0 Å². The first kappa shape index (κ1) is 16.6. The summed E-state index contributed by atoms with van der Waals surface area (Å²) in [6.07, 6.45) is -4.54. The van der Waals surface area contributed by atoms with Gasteiger partial charge in [0.05, 0.1) is 12.0 Å². The molecule has 0 spiro atoms. The van der Waals surface area contributed by atoms with Crippen molar-refractivity contribution in [3.05, 3.63) is 29.8 Å². The zero-order valence-corrected chi connectivity index (χ0v) is 12.7. The topological polar surface area (TPSA) is 41.6 Å². The van der Waals surface area contributed by atoms with Crippen LogP contribution in [0.1, 0.15) is 32.4 Å². The lowest BCUT2D eigenvalue weighted by atomic mass is 9.93. The summed E-state index contributed by atoms with van der Waals surface area (Å²) in [5, 5.41) is 0.945. The largest absolute Gasteiger partial charge is 0.494 e. The van der Waals surface area contributed by atoms with Crippen molar-refractivity contribution in [2.75, 3.05) is 13.2 Å². The average Bonchev–Trinajstić information content (AvgIpc) is 2.64. The number of carbonyl (C=O) groups excluding carboxylic acids is 1. The van der Waals surface area contributed by atoms with Crippen molar-refractivity contribution in [3.8, 4) is 5.75 Å². The molecule has 1 atom stereocenters. The summed E-state index contributed by atoms with van der Waals surface area (Å²) in [5.74, 6) is -0.248. The van der Waals surface area contributed by atoms with Crippen LogP contribution in [0.4, 0.5) is 13.2 Å². The van der Waals surface area contributed by atoms with Crippen molar-refractivity contribution in [3.63, 3.8) is 0 Å². The fraction of sp³-hybridized carbons (Fsp3) is 0.533. The first-order valence-electron chi connectivity index (χ1n) is 7.03. The first-order chi connectivity index (χ1) is 10.2. The highest BCUT2D eigenvalue weighted by molar-refractivity contribution is 5.83. The van der Waals surface area contributed by atoms with Gasteiger partial charge in [0.25, 0.3) is 0 Å². The maximum absolute atomic E-state index is 13.6. The van der Waals surface area contributed by atoms with Crippen LogP contribution in [0, 0.1) is 5.41 Å². The van der Waals surface area contributed by atoms with Crippen LogP contribution in [-0.2, 0) is 4.79 Å². The summed E-state index contributed by atoms with van der Waals surface area (Å²) in [6.45, 7) is 5.17. The smallest absolute Gasteiger partial charge is 0.410 e. The highest BCUT2D eigenvalue weighted by atomic mass is 19.4. The van der Waals surface area contributed by atoms with Crippen LogP contribution in [0.15, 0.2) is 24.3 Å². The van der Waals surface area contributed by atoms with Gasteiger partial charge in [-0.1, -0.05) is 18.2 Å². The number of para-hydroxylation sites is 1. The summed E-state index contributed by atoms with van der Waals surface area (Å²) in [5.41, 5.74) is 1.46. The second-order valence-electron chi connectivity index (χ2n) is 5.87. The van der Waals surface area contributed by atoms with E-state index in [9.17, 15) is 18.0 Å². The molecule has 1 amide bonds. The molecule has 0 saturated carbocycles. The molecule has 22 heavy (non-hydrogen) atoms. The zero-order chi connectivity index (χ0) is 16.5. The monoisotopic (exact) mass is 316 g/mol. The van der Waals surface area contributed by atoms with E-state index < -0.39 is 23.5 Å². The van der Waals surface area contributed by atoms with Gasteiger partial charge in [0.1, 0.15) is 5.75 Å². The van der Waals surface area contributed by atoms with E-state index in [1.54, 1.807) is 26.8 Å². The first-order valence-corrected chi connectivity index (χ1v) is 7.03. The minimum Gasteiger partial charge on any atom is -0.494 e. The predicted molar refractivity (Wildman–Crippen MR) is 75.0 cm³/mol. The standard InChI is InChI=1S/C15H19F3N2O2/c1-4-22-11-8-6-5-7-10(11)12(15(16,17)18)20-9-14(2,3)13(21)19-20/h5-8,12H,4,9H2,1-3H3,(H,19,21). The van der Waals surface area contributed by atoms with Crippen LogP contribution in [-0.4, -0.2) is 30.2 Å². The van der Waals surface area contributed by atoms with Gasteiger partial charge in [-0.3, -0.25) is 10.2 Å². The van der Waals surface area contributed by atoms with Crippen LogP contribution in [0.2, 0.25) is 0 Å². The minimum absolute atomic E-state index is 0.00477. The van der Waals surface area contributed by atoms with Gasteiger partial charge in [-0.05, 0) is 26.8 Å². The summed E-state index contributed by atoms with van der Waals surface area (Å²) in [4.78, 5) is 11.8. The normalized spacial score (nSPS) is 19.8. The van der Waals surface area contributed by atoms with Gasteiger partial charge in [0.2, 0.25) is 5.91 Å². The SMILES string of the molecule is CCOc1ccccc1C(N1CC(C)(C)C(=O)N1)C(F)(F)F. The van der Waals surface area contributed by atoms with Gasteiger partial charge in [-0.2, -0.15) is 13.2 Å². The number of hydrazine groups is 1. The van der Waals surface area contributed by atoms with E-state index in [4.69, 9.17) is 4.74 Å². The van der Waals surface area contributed by atoms with Crippen molar-refractivity contribution in [1.82, 2.24) is 10.4 Å². The molecule has 0 radical (unpaired) electrons. The van der Waals surface area contributed by atoms with Gasteiger partial charge >= 0.3 is 6.18 Å². The molecule has 0 aromatic heterocycles. The second kappa shape index (κ2) is 5.79. The molecule has 0 aliphatic carbocycles. The molecule has 1 heterocycles. The van der Waals surface area contributed by atoms with Gasteiger partial charge in [0, 0.05) is 12.1 Å². The number of alkyl halides is 3. The molecule has 1 aliphatic rings. The molecule has 7 heteroatoms. The molecule has 1 saturated heterocycles. The van der Waals surface area contributed by atoms with Crippen LogP contribution >= 0.6 is 0 Å². The van der Waals surface area contributed by atoms with Crippen molar-refractivity contribution in [2.45, 2.75) is 33.0 Å². The van der Waals surface area contributed by atoms with E-state index in [1.807, 2.05) is 0 Å². The summed E-state index contributed by atoms with van der Waals surface area (Å²) < 4.78 is 46.1. The number of ether oxygens (including phenoxy) is 1. The molecular formula is C15H19F3N2O2. The number of hydrogen-bond acceptors (Lipinski definition) is 3. The summed E-state index contributed by atoms with van der Waals surface area (Å²) in [6, 6.07) is 4.08. The Morgan fingerprint density at radius 3 is 2.50 bits per heavy atom. The lowest BCUT2D eigenvalue weighted by Gasteiger charge is -2.30. The van der Waals surface area contributed by atoms with Crippen molar-refractivity contribution >= 4 is 5.91 Å². The van der Waals surface area contributed by atoms with Crippen molar-refractivity contribution < 1.29 is 22.7 Å².